The van der Waals surface area contributed by atoms with Crippen molar-refractivity contribution in [2.24, 2.45) is 5.92 Å². The van der Waals surface area contributed by atoms with E-state index in [1.54, 1.807) is 29.3 Å². The zero-order valence-corrected chi connectivity index (χ0v) is 17.9. The van der Waals surface area contributed by atoms with E-state index < -0.39 is 18.1 Å². The maximum absolute atomic E-state index is 13.6. The molecule has 0 saturated carbocycles. The summed E-state index contributed by atoms with van der Waals surface area (Å²) in [5.41, 5.74) is 4.48. The van der Waals surface area contributed by atoms with Gasteiger partial charge < -0.3 is 0 Å². The first-order chi connectivity index (χ1) is 15.0. The summed E-state index contributed by atoms with van der Waals surface area (Å²) in [6.45, 7) is 4.06. The molecule has 0 aliphatic carbocycles. The molecular formula is C25H21ClN2O3. The van der Waals surface area contributed by atoms with E-state index in [4.69, 9.17) is 16.4 Å². The Hall–Kier alpha value is -3.15. The topological polar surface area (TPSA) is 49.9 Å². The molecule has 31 heavy (non-hydrogen) atoms. The van der Waals surface area contributed by atoms with Gasteiger partial charge in [0, 0.05) is 5.02 Å². The van der Waals surface area contributed by atoms with Crippen LogP contribution in [0.25, 0.3) is 0 Å². The first-order valence-electron chi connectivity index (χ1n) is 10.2. The molecule has 0 unspecified atom stereocenters. The number of fused-ring (bicyclic) bond motifs is 1. The number of halogens is 1. The molecule has 3 atom stereocenters. The molecule has 2 saturated heterocycles. The quantitative estimate of drug-likeness (QED) is 0.546. The number of benzene rings is 3. The van der Waals surface area contributed by atoms with Gasteiger partial charge in [-0.25, -0.2) is 9.96 Å². The fourth-order valence-corrected chi connectivity index (χ4v) is 4.66. The number of anilines is 2. The van der Waals surface area contributed by atoms with Crippen molar-refractivity contribution < 1.29 is 14.4 Å². The van der Waals surface area contributed by atoms with E-state index in [1.807, 2.05) is 56.3 Å². The van der Waals surface area contributed by atoms with Crippen LogP contribution in [-0.2, 0) is 14.4 Å². The van der Waals surface area contributed by atoms with Gasteiger partial charge in [0.05, 0.1) is 17.4 Å². The second kappa shape index (κ2) is 7.52. The van der Waals surface area contributed by atoms with Crippen LogP contribution in [0.3, 0.4) is 0 Å². The number of hydrogen-bond acceptors (Lipinski definition) is 4. The van der Waals surface area contributed by atoms with E-state index in [9.17, 15) is 9.59 Å². The fraction of sp³-hybridized carbons (Fsp3) is 0.200. The molecular weight excluding hydrogens is 412 g/mol. The number of para-hydroxylation sites is 1. The molecule has 156 valence electrons. The van der Waals surface area contributed by atoms with Gasteiger partial charge in [-0.15, -0.1) is 0 Å². The highest BCUT2D eigenvalue weighted by Crippen LogP contribution is 2.48. The van der Waals surface area contributed by atoms with Crippen molar-refractivity contribution in [1.29, 1.82) is 0 Å². The number of carbonyl (C=O) groups is 2. The normalized spacial score (nSPS) is 22.9. The highest BCUT2D eigenvalue weighted by Gasteiger charge is 2.60. The molecule has 0 bridgehead atoms. The number of nitrogens with zero attached hydrogens (tertiary/aromatic N) is 2. The zero-order valence-electron chi connectivity index (χ0n) is 17.2. The standard InChI is InChI=1S/C25H21ClN2O3/c1-15-8-13-20(16(2)14-15)22-21-23(31-28(22)19-6-4-3-5-7-19)25(30)27(24(21)29)18-11-9-17(26)10-12-18/h3-14,21-23H,1-2H3/t21-,22-,23-/m1/s1. The van der Waals surface area contributed by atoms with E-state index in [1.165, 1.54) is 4.90 Å². The summed E-state index contributed by atoms with van der Waals surface area (Å²) in [5.74, 6) is -1.27. The minimum Gasteiger partial charge on any atom is -0.273 e. The predicted molar refractivity (Wildman–Crippen MR) is 120 cm³/mol. The Balaban J connectivity index is 1.61. The number of carbonyl (C=O) groups excluding carboxylic acids is 2. The van der Waals surface area contributed by atoms with Gasteiger partial charge in [0.2, 0.25) is 5.91 Å². The third kappa shape index (κ3) is 3.21. The van der Waals surface area contributed by atoms with Crippen molar-refractivity contribution in [3.63, 3.8) is 0 Å². The van der Waals surface area contributed by atoms with Crippen LogP contribution in [0, 0.1) is 19.8 Å². The Morgan fingerprint density at radius 3 is 2.23 bits per heavy atom. The molecule has 0 spiro atoms. The predicted octanol–water partition coefficient (Wildman–Crippen LogP) is 5.01. The summed E-state index contributed by atoms with van der Waals surface area (Å²) in [6, 6.07) is 22.0. The summed E-state index contributed by atoms with van der Waals surface area (Å²) in [7, 11) is 0. The lowest BCUT2D eigenvalue weighted by molar-refractivity contribution is -0.126. The number of hydrogen-bond donors (Lipinski definition) is 0. The van der Waals surface area contributed by atoms with Crippen molar-refractivity contribution in [3.05, 3.63) is 94.5 Å². The van der Waals surface area contributed by atoms with Gasteiger partial charge in [-0.3, -0.25) is 14.4 Å². The van der Waals surface area contributed by atoms with E-state index >= 15 is 0 Å². The van der Waals surface area contributed by atoms with Crippen LogP contribution in [0.1, 0.15) is 22.7 Å². The van der Waals surface area contributed by atoms with Gasteiger partial charge in [0.15, 0.2) is 6.10 Å². The van der Waals surface area contributed by atoms with Crippen LogP contribution in [0.15, 0.2) is 72.8 Å². The van der Waals surface area contributed by atoms with Crippen molar-refractivity contribution in [1.82, 2.24) is 0 Å². The van der Waals surface area contributed by atoms with Crippen LogP contribution >= 0.6 is 11.6 Å². The van der Waals surface area contributed by atoms with Gasteiger partial charge in [-0.1, -0.05) is 53.6 Å². The van der Waals surface area contributed by atoms with Gasteiger partial charge in [0.25, 0.3) is 5.91 Å². The molecule has 2 fully saturated rings. The SMILES string of the molecule is Cc1ccc([C@@H]2[C@H]3C(=O)N(c4ccc(Cl)cc4)C(=O)[C@@H]3ON2c2ccccc2)c(C)c1. The Bertz CT molecular complexity index is 1160. The first kappa shape index (κ1) is 19.8. The Labute approximate surface area is 185 Å². The molecule has 2 heterocycles. The molecule has 6 heteroatoms. The van der Waals surface area contributed by atoms with E-state index in [2.05, 4.69) is 6.07 Å². The van der Waals surface area contributed by atoms with Crippen LogP contribution in [-0.4, -0.2) is 17.9 Å². The molecule has 2 aliphatic rings. The third-order valence-electron chi connectivity index (χ3n) is 5.95. The highest BCUT2D eigenvalue weighted by molar-refractivity contribution is 6.31. The second-order valence-corrected chi connectivity index (χ2v) is 8.44. The van der Waals surface area contributed by atoms with Crippen molar-refractivity contribution in [2.45, 2.75) is 26.0 Å². The lowest BCUT2D eigenvalue weighted by Gasteiger charge is -2.29. The Morgan fingerprint density at radius 1 is 0.839 bits per heavy atom. The second-order valence-electron chi connectivity index (χ2n) is 8.01. The molecule has 5 rings (SSSR count). The first-order valence-corrected chi connectivity index (χ1v) is 10.5. The van der Waals surface area contributed by atoms with E-state index in [0.29, 0.717) is 10.7 Å². The smallest absolute Gasteiger partial charge is 0.266 e. The van der Waals surface area contributed by atoms with Crippen molar-refractivity contribution >= 4 is 34.8 Å². The molecule has 0 radical (unpaired) electrons. The Kier molecular flexibility index (Phi) is 4.80. The maximum Gasteiger partial charge on any atom is 0.266 e. The number of aryl methyl sites for hydroxylation is 2. The zero-order chi connectivity index (χ0) is 21.7. The van der Waals surface area contributed by atoms with E-state index in [0.717, 1.165) is 22.4 Å². The molecule has 3 aromatic carbocycles. The summed E-state index contributed by atoms with van der Waals surface area (Å²) in [4.78, 5) is 34.3. The third-order valence-corrected chi connectivity index (χ3v) is 6.21. The summed E-state index contributed by atoms with van der Waals surface area (Å²) in [5, 5.41) is 2.27. The molecule has 2 aliphatic heterocycles. The summed E-state index contributed by atoms with van der Waals surface area (Å²) >= 11 is 5.99. The summed E-state index contributed by atoms with van der Waals surface area (Å²) in [6.07, 6.45) is -0.880. The number of rotatable bonds is 3. The highest BCUT2D eigenvalue weighted by atomic mass is 35.5. The number of amides is 2. The van der Waals surface area contributed by atoms with Gasteiger partial charge in [-0.05, 0) is 61.4 Å². The Morgan fingerprint density at radius 2 is 1.55 bits per heavy atom. The molecule has 5 nitrogen and oxygen atoms in total. The molecule has 0 N–H and O–H groups in total. The minimum absolute atomic E-state index is 0.263. The molecule has 3 aromatic rings. The van der Waals surface area contributed by atoms with E-state index in [-0.39, 0.29) is 11.8 Å². The summed E-state index contributed by atoms with van der Waals surface area (Å²) < 4.78 is 0. The van der Waals surface area contributed by atoms with Crippen LogP contribution in [0.5, 0.6) is 0 Å². The number of hydroxylamine groups is 1. The average Bonchev–Trinajstić information content (AvgIpc) is 3.26. The van der Waals surface area contributed by atoms with Gasteiger partial charge in [0.1, 0.15) is 5.92 Å². The largest absolute Gasteiger partial charge is 0.273 e. The van der Waals surface area contributed by atoms with Crippen LogP contribution in [0.2, 0.25) is 5.02 Å². The van der Waals surface area contributed by atoms with Crippen LogP contribution < -0.4 is 9.96 Å². The lowest BCUT2D eigenvalue weighted by atomic mass is 9.87. The average molecular weight is 433 g/mol. The van der Waals surface area contributed by atoms with Gasteiger partial charge >= 0.3 is 0 Å². The van der Waals surface area contributed by atoms with Crippen LogP contribution in [0.4, 0.5) is 11.4 Å². The fourth-order valence-electron chi connectivity index (χ4n) is 4.53. The monoisotopic (exact) mass is 432 g/mol. The van der Waals surface area contributed by atoms with Crippen molar-refractivity contribution in [2.75, 3.05) is 9.96 Å². The lowest BCUT2D eigenvalue weighted by Crippen LogP contribution is -2.37. The van der Waals surface area contributed by atoms with Crippen molar-refractivity contribution in [3.8, 4) is 0 Å². The molecule has 2 amide bonds. The maximum atomic E-state index is 13.6. The minimum atomic E-state index is -0.880. The molecule has 0 aromatic heterocycles. The number of imide groups is 1. The van der Waals surface area contributed by atoms with Gasteiger partial charge in [-0.2, -0.15) is 0 Å².